The topological polar surface area (TPSA) is 69.2 Å². The van der Waals surface area contributed by atoms with Gasteiger partial charge in [0.2, 0.25) is 0 Å². The van der Waals surface area contributed by atoms with Crippen LogP contribution in [0.25, 0.3) is 11.1 Å². The van der Waals surface area contributed by atoms with Gasteiger partial charge in [0, 0.05) is 0 Å². The maximum Gasteiger partial charge on any atom is 3.00 e. The Hall–Kier alpha value is -4.44. The van der Waals surface area contributed by atoms with E-state index in [4.69, 9.17) is 0 Å². The second kappa shape index (κ2) is 17.2. The summed E-state index contributed by atoms with van der Waals surface area (Å²) in [5, 5.41) is 30.8. The van der Waals surface area contributed by atoms with Crippen LogP contribution in [0.1, 0.15) is 0 Å². The summed E-state index contributed by atoms with van der Waals surface area (Å²) in [5.41, 5.74) is 2.55. The maximum atomic E-state index is 10.3. The Morgan fingerprint density at radius 1 is 0.265 bits per heavy atom. The molecule has 0 unspecified atom stereocenters. The normalized spacial score (nSPS) is 8.71. The largest absolute Gasteiger partial charge is 3.00 e. The molecule has 3 nitrogen and oxygen atoms in total. The fraction of sp³-hybridized carbons (Fsp3) is 0. The summed E-state index contributed by atoms with van der Waals surface area (Å²) in [4.78, 5) is 0. The van der Waals surface area contributed by atoms with Crippen LogP contribution in [-0.4, -0.2) is 8.41 Å². The molecule has 0 atom stereocenters. The molecule has 5 aromatic rings. The van der Waals surface area contributed by atoms with Crippen LogP contribution in [0.3, 0.4) is 0 Å². The predicted octanol–water partition coefficient (Wildman–Crippen LogP) is 5.25. The van der Waals surface area contributed by atoms with Crippen LogP contribution in [0, 0.1) is 0 Å². The average Bonchev–Trinajstić information content (AvgIpc) is 2.88. The van der Waals surface area contributed by atoms with Crippen molar-refractivity contribution < 1.29 is 15.3 Å². The van der Waals surface area contributed by atoms with Gasteiger partial charge in [-0.3, -0.25) is 0 Å². The van der Waals surface area contributed by atoms with Gasteiger partial charge in [0.25, 0.3) is 0 Å². The Kier molecular flexibility index (Phi) is 13.9. The van der Waals surface area contributed by atoms with E-state index in [9.17, 15) is 15.3 Å². The zero-order chi connectivity index (χ0) is 23.6. The first kappa shape index (κ1) is 27.6. The molecule has 0 heterocycles. The molecule has 5 rings (SSSR count). The number of hydrogen-bond acceptors (Lipinski definition) is 3. The van der Waals surface area contributed by atoms with Crippen LogP contribution in [0.4, 0.5) is 0 Å². The van der Waals surface area contributed by atoms with E-state index >= 15 is 0 Å². The Balaban J connectivity index is 0.000000233. The zero-order valence-electron chi connectivity index (χ0n) is 18.7. The Morgan fingerprint density at radius 3 is 0.588 bits per heavy atom. The van der Waals surface area contributed by atoms with Crippen LogP contribution in [0.5, 0.6) is 17.2 Å². The van der Waals surface area contributed by atoms with Gasteiger partial charge in [-0.25, -0.2) is 0 Å². The standard InChI is InChI=1S/C12H10.3C6H6O.B/c1-3-7-11(8-4-1)12-9-5-2-6-10-12;3*7-6-4-2-1-3-5-6;/h1-10H;3*1-5,7H;/q;;;;+3/p-3. The van der Waals surface area contributed by atoms with E-state index in [1.165, 1.54) is 47.5 Å². The van der Waals surface area contributed by atoms with Crippen molar-refractivity contribution in [3.63, 3.8) is 0 Å². The van der Waals surface area contributed by atoms with Gasteiger partial charge in [0.05, 0.1) is 0 Å². The van der Waals surface area contributed by atoms with Crippen molar-refractivity contribution in [2.24, 2.45) is 0 Å². The van der Waals surface area contributed by atoms with Gasteiger partial charge in [0.15, 0.2) is 0 Å². The van der Waals surface area contributed by atoms with Crippen molar-refractivity contribution >= 4 is 8.41 Å². The summed E-state index contributed by atoms with van der Waals surface area (Å²) < 4.78 is 0. The summed E-state index contributed by atoms with van der Waals surface area (Å²) in [6.45, 7) is 0. The quantitative estimate of drug-likeness (QED) is 0.332. The smallest absolute Gasteiger partial charge is 0.872 e. The molecule has 34 heavy (non-hydrogen) atoms. The van der Waals surface area contributed by atoms with Crippen molar-refractivity contribution in [2.45, 2.75) is 0 Å². The molecule has 0 saturated carbocycles. The molecule has 0 radical (unpaired) electrons. The minimum absolute atomic E-state index is 0. The van der Waals surface area contributed by atoms with Gasteiger partial charge >= 0.3 is 8.41 Å². The second-order valence-corrected chi connectivity index (χ2v) is 6.67. The van der Waals surface area contributed by atoms with Crippen LogP contribution in [0.2, 0.25) is 0 Å². The van der Waals surface area contributed by atoms with Crippen molar-refractivity contribution in [2.75, 3.05) is 0 Å². The molecule has 0 N–H and O–H groups in total. The summed E-state index contributed by atoms with van der Waals surface area (Å²) in [7, 11) is 0. The van der Waals surface area contributed by atoms with E-state index in [0.29, 0.717) is 0 Å². The minimum atomic E-state index is 0. The summed E-state index contributed by atoms with van der Waals surface area (Å²) in [5.74, 6) is 0.215. The van der Waals surface area contributed by atoms with Crippen molar-refractivity contribution in [1.82, 2.24) is 0 Å². The third-order valence-corrected chi connectivity index (χ3v) is 4.11. The van der Waals surface area contributed by atoms with Gasteiger partial charge in [-0.05, 0) is 11.1 Å². The molecule has 4 heteroatoms. The van der Waals surface area contributed by atoms with Gasteiger partial charge in [-0.2, -0.15) is 0 Å². The molecule has 0 aromatic heterocycles. The first-order valence-corrected chi connectivity index (χ1v) is 10.4. The van der Waals surface area contributed by atoms with E-state index in [0.717, 1.165) is 0 Å². The van der Waals surface area contributed by atoms with E-state index in [-0.39, 0.29) is 25.7 Å². The van der Waals surface area contributed by atoms with E-state index < -0.39 is 0 Å². The third-order valence-electron chi connectivity index (χ3n) is 4.11. The van der Waals surface area contributed by atoms with Gasteiger partial charge in [0.1, 0.15) is 0 Å². The Labute approximate surface area is 203 Å². The molecular formula is C30H25BO3. The summed E-state index contributed by atoms with van der Waals surface area (Å²) >= 11 is 0. The molecule has 0 amide bonds. The molecule has 0 fully saturated rings. The SMILES string of the molecule is [B+3].[O-]c1ccccc1.[O-]c1ccccc1.[O-]c1ccccc1.c1ccc(-c2ccccc2)cc1. The fourth-order valence-electron chi connectivity index (χ4n) is 2.52. The number of hydrogen-bond donors (Lipinski definition) is 0. The fourth-order valence-corrected chi connectivity index (χ4v) is 2.52. The molecule has 0 aliphatic carbocycles. The Bertz CT molecular complexity index is 980. The molecular weight excluding hydrogens is 419 g/mol. The summed E-state index contributed by atoms with van der Waals surface area (Å²) in [6, 6.07) is 45.8. The average molecular weight is 444 g/mol. The number of benzene rings is 5. The molecule has 0 aliphatic rings. The monoisotopic (exact) mass is 444 g/mol. The van der Waals surface area contributed by atoms with Crippen molar-refractivity contribution in [3.05, 3.63) is 152 Å². The van der Waals surface area contributed by atoms with E-state index in [1.54, 1.807) is 36.4 Å². The molecule has 0 saturated heterocycles. The van der Waals surface area contributed by atoms with E-state index in [1.807, 2.05) is 30.3 Å². The number of para-hydroxylation sites is 3. The maximum absolute atomic E-state index is 10.3. The van der Waals surface area contributed by atoms with Crippen molar-refractivity contribution in [1.29, 1.82) is 0 Å². The third kappa shape index (κ3) is 12.4. The van der Waals surface area contributed by atoms with Crippen LogP contribution >= 0.6 is 0 Å². The van der Waals surface area contributed by atoms with Gasteiger partial charge < -0.3 is 15.3 Å². The predicted molar refractivity (Wildman–Crippen MR) is 135 cm³/mol. The summed E-state index contributed by atoms with van der Waals surface area (Å²) in [6.07, 6.45) is 0. The van der Waals surface area contributed by atoms with Crippen LogP contribution in [0.15, 0.2) is 152 Å². The molecule has 0 aliphatic heterocycles. The first-order valence-electron chi connectivity index (χ1n) is 10.4. The van der Waals surface area contributed by atoms with Crippen LogP contribution in [-0.2, 0) is 0 Å². The number of rotatable bonds is 1. The molecule has 166 valence electrons. The van der Waals surface area contributed by atoms with Gasteiger partial charge in [-0.15, -0.1) is 17.2 Å². The van der Waals surface area contributed by atoms with E-state index in [2.05, 4.69) is 48.5 Å². The molecule has 0 bridgehead atoms. The minimum Gasteiger partial charge on any atom is -0.872 e. The second-order valence-electron chi connectivity index (χ2n) is 6.67. The Morgan fingerprint density at radius 2 is 0.441 bits per heavy atom. The van der Waals surface area contributed by atoms with Crippen molar-refractivity contribution in [3.8, 4) is 28.4 Å². The molecule has 5 aromatic carbocycles. The molecule has 0 spiro atoms. The zero-order valence-corrected chi connectivity index (χ0v) is 18.7. The first-order chi connectivity index (χ1) is 16.1. The van der Waals surface area contributed by atoms with Crippen LogP contribution < -0.4 is 15.3 Å². The van der Waals surface area contributed by atoms with Gasteiger partial charge in [-0.1, -0.05) is 152 Å².